The van der Waals surface area contributed by atoms with Crippen LogP contribution >= 0.6 is 0 Å². The zero-order valence-electron chi connectivity index (χ0n) is 13.6. The first-order valence-corrected chi connectivity index (χ1v) is 9.90. The lowest BCUT2D eigenvalue weighted by molar-refractivity contribution is -0.179. The number of fused-ring (bicyclic) bond motifs is 1. The summed E-state index contributed by atoms with van der Waals surface area (Å²) < 4.78 is 68.3. The average molecular weight is 389 g/mol. The van der Waals surface area contributed by atoms with Gasteiger partial charge in [-0.15, -0.1) is 0 Å². The number of hydrogen-bond donors (Lipinski definition) is 1. The zero-order valence-corrected chi connectivity index (χ0v) is 14.4. The van der Waals surface area contributed by atoms with E-state index in [-0.39, 0.29) is 30.5 Å². The second-order valence-corrected chi connectivity index (χ2v) is 8.85. The SMILES string of the molecule is O=S(=O)(C1=NC2[C@@H](F)C[C@@H](c3ccccc3)N2N1)C1CC(OC(F)F)C1. The summed E-state index contributed by atoms with van der Waals surface area (Å²) in [6.45, 7) is -2.92. The van der Waals surface area contributed by atoms with Crippen LogP contribution in [0.3, 0.4) is 0 Å². The van der Waals surface area contributed by atoms with Gasteiger partial charge < -0.3 is 4.74 Å². The number of benzene rings is 1. The monoisotopic (exact) mass is 389 g/mol. The van der Waals surface area contributed by atoms with Gasteiger partial charge in [-0.1, -0.05) is 30.3 Å². The summed E-state index contributed by atoms with van der Waals surface area (Å²) in [6, 6.07) is 8.90. The van der Waals surface area contributed by atoms with Crippen LogP contribution in [-0.4, -0.2) is 48.9 Å². The van der Waals surface area contributed by atoms with E-state index in [1.54, 1.807) is 0 Å². The summed E-state index contributed by atoms with van der Waals surface area (Å²) in [4.78, 5) is 4.05. The molecule has 1 saturated heterocycles. The molecular weight excluding hydrogens is 371 g/mol. The van der Waals surface area contributed by atoms with Crippen LogP contribution in [-0.2, 0) is 14.6 Å². The van der Waals surface area contributed by atoms with E-state index in [0.29, 0.717) is 0 Å². The molecule has 0 aromatic heterocycles. The van der Waals surface area contributed by atoms with E-state index < -0.39 is 40.1 Å². The van der Waals surface area contributed by atoms with Gasteiger partial charge in [0.1, 0.15) is 6.17 Å². The summed E-state index contributed by atoms with van der Waals surface area (Å²) in [5.41, 5.74) is 3.61. The number of amidine groups is 1. The molecule has 1 aliphatic carbocycles. The molecule has 1 unspecified atom stereocenters. The Balaban J connectivity index is 1.48. The van der Waals surface area contributed by atoms with E-state index in [2.05, 4.69) is 15.2 Å². The van der Waals surface area contributed by atoms with Crippen molar-refractivity contribution in [1.29, 1.82) is 0 Å². The van der Waals surface area contributed by atoms with Gasteiger partial charge in [-0.05, 0) is 18.4 Å². The lowest BCUT2D eigenvalue weighted by Gasteiger charge is -2.34. The molecule has 6 nitrogen and oxygen atoms in total. The van der Waals surface area contributed by atoms with Crippen LogP contribution in [0.25, 0.3) is 0 Å². The fourth-order valence-corrected chi connectivity index (χ4v) is 5.39. The van der Waals surface area contributed by atoms with E-state index in [0.717, 1.165) is 5.56 Å². The Kier molecular flexibility index (Phi) is 4.44. The predicted molar refractivity (Wildman–Crippen MR) is 87.7 cm³/mol. The maximum atomic E-state index is 14.4. The van der Waals surface area contributed by atoms with Crippen LogP contribution in [0.1, 0.15) is 30.9 Å². The molecular formula is C16H18F3N3O3S. The predicted octanol–water partition coefficient (Wildman–Crippen LogP) is 2.16. The lowest BCUT2D eigenvalue weighted by atomic mass is 9.95. The molecule has 4 rings (SSSR count). The standard InChI is InChI=1S/C16H18F3N3O3S/c17-12-8-13(9-4-2-1-3-5-9)22-14(12)20-16(21-22)26(23,24)11-6-10(7-11)25-15(18)19/h1-5,10-15H,6-8H2,(H,20,21)/t10?,11?,12-,13-,14?/m0/s1. The van der Waals surface area contributed by atoms with E-state index in [1.165, 1.54) is 5.01 Å². The third kappa shape index (κ3) is 2.99. The summed E-state index contributed by atoms with van der Waals surface area (Å²) in [5.74, 6) is 0. The largest absolute Gasteiger partial charge is 0.345 e. The van der Waals surface area contributed by atoms with Gasteiger partial charge in [-0.25, -0.2) is 17.8 Å². The van der Waals surface area contributed by atoms with Gasteiger partial charge >= 0.3 is 6.61 Å². The molecule has 0 spiro atoms. The van der Waals surface area contributed by atoms with Crippen LogP contribution in [0, 0.1) is 0 Å². The first-order valence-electron chi connectivity index (χ1n) is 8.35. The van der Waals surface area contributed by atoms with E-state index in [4.69, 9.17) is 0 Å². The normalized spacial score (nSPS) is 34.3. The van der Waals surface area contributed by atoms with Gasteiger partial charge in [-0.3, -0.25) is 5.43 Å². The quantitative estimate of drug-likeness (QED) is 0.855. The maximum absolute atomic E-state index is 14.4. The topological polar surface area (TPSA) is 71.0 Å². The number of nitrogens with one attached hydrogen (secondary N) is 1. The number of hydrogen-bond acceptors (Lipinski definition) is 6. The molecule has 0 amide bonds. The molecule has 1 saturated carbocycles. The molecule has 0 radical (unpaired) electrons. The fourth-order valence-electron chi connectivity index (χ4n) is 3.65. The molecule has 10 heteroatoms. The highest BCUT2D eigenvalue weighted by molar-refractivity contribution is 8.06. The summed E-state index contributed by atoms with van der Waals surface area (Å²) in [6.07, 6.45) is -2.79. The Morgan fingerprint density at radius 3 is 2.54 bits per heavy atom. The first-order chi connectivity index (χ1) is 12.4. The van der Waals surface area contributed by atoms with Crippen molar-refractivity contribution in [2.24, 2.45) is 4.99 Å². The van der Waals surface area contributed by atoms with Crippen LogP contribution in [0.4, 0.5) is 13.2 Å². The molecule has 2 aliphatic heterocycles. The minimum Gasteiger partial charge on any atom is -0.320 e. The van der Waals surface area contributed by atoms with E-state index >= 15 is 0 Å². The van der Waals surface area contributed by atoms with Crippen molar-refractivity contribution in [2.75, 3.05) is 0 Å². The minimum absolute atomic E-state index is 0.0147. The van der Waals surface area contributed by atoms with Gasteiger partial charge in [0.25, 0.3) is 0 Å². The van der Waals surface area contributed by atoms with E-state index in [1.807, 2.05) is 30.3 Å². The Labute approximate surface area is 148 Å². The molecule has 26 heavy (non-hydrogen) atoms. The number of ether oxygens (including phenoxy) is 1. The molecule has 1 aromatic carbocycles. The highest BCUT2D eigenvalue weighted by Gasteiger charge is 2.51. The highest BCUT2D eigenvalue weighted by atomic mass is 32.2. The molecule has 0 bridgehead atoms. The second-order valence-electron chi connectivity index (χ2n) is 6.70. The molecule has 3 aliphatic rings. The Bertz CT molecular complexity index is 799. The van der Waals surface area contributed by atoms with Gasteiger partial charge in [0, 0.05) is 6.42 Å². The number of aliphatic imine (C=N–C) groups is 1. The van der Waals surface area contributed by atoms with Crippen molar-refractivity contribution in [2.45, 2.75) is 55.6 Å². The van der Waals surface area contributed by atoms with Crippen molar-refractivity contribution >= 4 is 15.0 Å². The molecule has 2 fully saturated rings. The third-order valence-electron chi connectivity index (χ3n) is 5.11. The van der Waals surface area contributed by atoms with Crippen molar-refractivity contribution in [3.8, 4) is 0 Å². The molecule has 1 aromatic rings. The van der Waals surface area contributed by atoms with Crippen molar-refractivity contribution < 1.29 is 26.3 Å². The molecule has 142 valence electrons. The van der Waals surface area contributed by atoms with Gasteiger partial charge in [0.05, 0.1) is 17.4 Å². The molecule has 1 N–H and O–H groups in total. The number of rotatable bonds is 4. The first kappa shape index (κ1) is 17.7. The second kappa shape index (κ2) is 6.50. The minimum atomic E-state index is -3.84. The third-order valence-corrected chi connectivity index (χ3v) is 7.10. The number of alkyl halides is 3. The average Bonchev–Trinajstić information content (AvgIpc) is 3.12. The Morgan fingerprint density at radius 1 is 1.19 bits per heavy atom. The smallest absolute Gasteiger partial charge is 0.320 e. The molecule has 3 atom stereocenters. The fraction of sp³-hybridized carbons (Fsp3) is 0.562. The Hall–Kier alpha value is -1.65. The van der Waals surface area contributed by atoms with Gasteiger partial charge in [-0.2, -0.15) is 13.8 Å². The number of hydrazine groups is 1. The Morgan fingerprint density at radius 2 is 1.88 bits per heavy atom. The number of sulfone groups is 1. The zero-order chi connectivity index (χ0) is 18.5. The van der Waals surface area contributed by atoms with Gasteiger partial charge in [0.15, 0.2) is 6.17 Å². The van der Waals surface area contributed by atoms with Crippen LogP contribution in [0.5, 0.6) is 0 Å². The van der Waals surface area contributed by atoms with Crippen LogP contribution in [0.2, 0.25) is 0 Å². The van der Waals surface area contributed by atoms with E-state index in [9.17, 15) is 21.6 Å². The highest BCUT2D eigenvalue weighted by Crippen LogP contribution is 2.40. The van der Waals surface area contributed by atoms with Crippen molar-refractivity contribution in [1.82, 2.24) is 10.4 Å². The maximum Gasteiger partial charge on any atom is 0.345 e. The summed E-state index contributed by atoms with van der Waals surface area (Å²) in [7, 11) is -3.84. The number of nitrogens with zero attached hydrogens (tertiary/aromatic N) is 2. The van der Waals surface area contributed by atoms with Crippen LogP contribution < -0.4 is 5.43 Å². The van der Waals surface area contributed by atoms with Crippen LogP contribution in [0.15, 0.2) is 35.3 Å². The lowest BCUT2D eigenvalue weighted by Crippen LogP contribution is -2.49. The van der Waals surface area contributed by atoms with Crippen molar-refractivity contribution in [3.63, 3.8) is 0 Å². The van der Waals surface area contributed by atoms with Gasteiger partial charge in [0.2, 0.25) is 15.0 Å². The summed E-state index contributed by atoms with van der Waals surface area (Å²) in [5, 5.41) is 0.399. The van der Waals surface area contributed by atoms with Crippen molar-refractivity contribution in [3.05, 3.63) is 35.9 Å². The number of halogens is 3. The molecule has 2 heterocycles. The summed E-state index contributed by atoms with van der Waals surface area (Å²) >= 11 is 0.